The quantitative estimate of drug-likeness (QED) is 0.741. The van der Waals surface area contributed by atoms with E-state index in [0.29, 0.717) is 13.2 Å². The number of halogens is 1. The first-order valence-electron chi connectivity index (χ1n) is 5.12. The number of ether oxygens (including phenoxy) is 1. The van der Waals surface area contributed by atoms with E-state index in [1.165, 1.54) is 6.42 Å². The van der Waals surface area contributed by atoms with Crippen molar-refractivity contribution in [1.29, 1.82) is 0 Å². The molecule has 0 spiro atoms. The van der Waals surface area contributed by atoms with Crippen LogP contribution in [0.15, 0.2) is 0 Å². The van der Waals surface area contributed by atoms with Gasteiger partial charge in [0.15, 0.2) is 0 Å². The van der Waals surface area contributed by atoms with E-state index in [1.54, 1.807) is 0 Å². The minimum Gasteiger partial charge on any atom is -0.466 e. The Morgan fingerprint density at radius 1 is 1.36 bits per heavy atom. The highest BCUT2D eigenvalue weighted by molar-refractivity contribution is 5.85. The van der Waals surface area contributed by atoms with Gasteiger partial charge in [0.05, 0.1) is 12.0 Å². The SMILES string of the molecule is CCOC(=O)C1(CN)CCCCC1.Cl. The Kier molecular flexibility index (Phi) is 6.12. The fraction of sp³-hybridized carbons (Fsp3) is 0.900. The van der Waals surface area contributed by atoms with E-state index >= 15 is 0 Å². The zero-order valence-corrected chi connectivity index (χ0v) is 9.57. The number of carbonyl (C=O) groups is 1. The number of rotatable bonds is 3. The van der Waals surface area contributed by atoms with Gasteiger partial charge >= 0.3 is 5.97 Å². The maximum Gasteiger partial charge on any atom is 0.313 e. The van der Waals surface area contributed by atoms with Crippen LogP contribution in [0.4, 0.5) is 0 Å². The Labute approximate surface area is 91.8 Å². The van der Waals surface area contributed by atoms with Crippen molar-refractivity contribution in [2.75, 3.05) is 13.2 Å². The van der Waals surface area contributed by atoms with Gasteiger partial charge in [-0.15, -0.1) is 12.4 Å². The lowest BCUT2D eigenvalue weighted by Crippen LogP contribution is -2.41. The lowest BCUT2D eigenvalue weighted by atomic mass is 9.74. The van der Waals surface area contributed by atoms with Gasteiger partial charge in [-0.3, -0.25) is 4.79 Å². The highest BCUT2D eigenvalue weighted by Gasteiger charge is 2.39. The summed E-state index contributed by atoms with van der Waals surface area (Å²) in [6, 6.07) is 0. The normalized spacial score (nSPS) is 19.6. The molecular weight excluding hydrogens is 202 g/mol. The summed E-state index contributed by atoms with van der Waals surface area (Å²) < 4.78 is 5.06. The van der Waals surface area contributed by atoms with E-state index in [4.69, 9.17) is 10.5 Å². The fourth-order valence-corrected chi connectivity index (χ4v) is 2.00. The Bertz CT molecular complexity index is 179. The molecule has 0 aromatic rings. The number of esters is 1. The molecule has 0 aromatic heterocycles. The first-order valence-corrected chi connectivity index (χ1v) is 5.12. The van der Waals surface area contributed by atoms with E-state index < -0.39 is 0 Å². The summed E-state index contributed by atoms with van der Waals surface area (Å²) in [6.07, 6.45) is 5.25. The van der Waals surface area contributed by atoms with Crippen LogP contribution < -0.4 is 5.73 Å². The first-order chi connectivity index (χ1) is 6.25. The second-order valence-electron chi connectivity index (χ2n) is 3.77. The lowest BCUT2D eigenvalue weighted by molar-refractivity contribution is -0.156. The summed E-state index contributed by atoms with van der Waals surface area (Å²) in [6.45, 7) is 2.73. The van der Waals surface area contributed by atoms with Crippen LogP contribution in [0.3, 0.4) is 0 Å². The molecule has 0 unspecified atom stereocenters. The molecule has 0 aliphatic heterocycles. The molecule has 0 aromatic carbocycles. The topological polar surface area (TPSA) is 52.3 Å². The monoisotopic (exact) mass is 221 g/mol. The molecule has 0 atom stereocenters. The van der Waals surface area contributed by atoms with Gasteiger partial charge in [0.25, 0.3) is 0 Å². The van der Waals surface area contributed by atoms with Crippen LogP contribution in [0, 0.1) is 5.41 Å². The summed E-state index contributed by atoms with van der Waals surface area (Å²) in [7, 11) is 0. The van der Waals surface area contributed by atoms with Crippen molar-refractivity contribution in [3.63, 3.8) is 0 Å². The molecule has 0 radical (unpaired) electrons. The van der Waals surface area contributed by atoms with E-state index in [9.17, 15) is 4.79 Å². The molecule has 4 heteroatoms. The Balaban J connectivity index is 0.00000169. The largest absolute Gasteiger partial charge is 0.466 e. The van der Waals surface area contributed by atoms with E-state index in [0.717, 1.165) is 25.7 Å². The van der Waals surface area contributed by atoms with E-state index in [2.05, 4.69) is 0 Å². The van der Waals surface area contributed by atoms with Crippen molar-refractivity contribution >= 4 is 18.4 Å². The summed E-state index contributed by atoms with van der Waals surface area (Å²) in [5.41, 5.74) is 5.32. The van der Waals surface area contributed by atoms with Crippen molar-refractivity contribution in [3.05, 3.63) is 0 Å². The predicted octanol–water partition coefficient (Wildman–Crippen LogP) is 1.88. The minimum absolute atomic E-state index is 0. The second kappa shape index (κ2) is 6.25. The highest BCUT2D eigenvalue weighted by Crippen LogP contribution is 2.36. The summed E-state index contributed by atoms with van der Waals surface area (Å²) >= 11 is 0. The van der Waals surface area contributed by atoms with Crippen molar-refractivity contribution < 1.29 is 9.53 Å². The van der Waals surface area contributed by atoms with E-state index in [1.807, 2.05) is 6.92 Å². The van der Waals surface area contributed by atoms with Crippen molar-refractivity contribution in [1.82, 2.24) is 0 Å². The zero-order chi connectivity index (χ0) is 9.73. The van der Waals surface area contributed by atoms with Gasteiger partial charge < -0.3 is 10.5 Å². The van der Waals surface area contributed by atoms with Gasteiger partial charge in [-0.2, -0.15) is 0 Å². The molecule has 0 bridgehead atoms. The van der Waals surface area contributed by atoms with Gasteiger partial charge in [-0.1, -0.05) is 19.3 Å². The Morgan fingerprint density at radius 2 is 1.93 bits per heavy atom. The summed E-state index contributed by atoms with van der Waals surface area (Å²) in [5, 5.41) is 0. The van der Waals surface area contributed by atoms with Crippen LogP contribution in [0.5, 0.6) is 0 Å². The third kappa shape index (κ3) is 2.85. The average molecular weight is 222 g/mol. The number of nitrogens with two attached hydrogens (primary N) is 1. The number of carbonyl (C=O) groups excluding carboxylic acids is 1. The molecule has 14 heavy (non-hydrogen) atoms. The summed E-state index contributed by atoms with van der Waals surface area (Å²) in [4.78, 5) is 11.6. The Morgan fingerprint density at radius 3 is 2.36 bits per heavy atom. The third-order valence-electron chi connectivity index (χ3n) is 2.91. The molecule has 1 saturated carbocycles. The molecule has 3 nitrogen and oxygen atoms in total. The van der Waals surface area contributed by atoms with Crippen LogP contribution in [0.1, 0.15) is 39.0 Å². The minimum atomic E-state index is -0.353. The van der Waals surface area contributed by atoms with Crippen molar-refractivity contribution in [2.24, 2.45) is 11.1 Å². The molecule has 0 amide bonds. The maximum absolute atomic E-state index is 11.6. The average Bonchev–Trinajstić information content (AvgIpc) is 2.19. The maximum atomic E-state index is 11.6. The van der Waals surface area contributed by atoms with Crippen LogP contribution in [-0.2, 0) is 9.53 Å². The molecular formula is C10H20ClNO2. The van der Waals surface area contributed by atoms with Gasteiger partial charge in [0.2, 0.25) is 0 Å². The van der Waals surface area contributed by atoms with Crippen LogP contribution >= 0.6 is 12.4 Å². The van der Waals surface area contributed by atoms with Crippen molar-refractivity contribution in [3.8, 4) is 0 Å². The molecule has 0 heterocycles. The Hall–Kier alpha value is -0.280. The summed E-state index contributed by atoms with van der Waals surface area (Å²) in [5.74, 6) is -0.0859. The van der Waals surface area contributed by atoms with Crippen LogP contribution in [0.25, 0.3) is 0 Å². The van der Waals surface area contributed by atoms with Gasteiger partial charge in [0, 0.05) is 6.54 Å². The van der Waals surface area contributed by atoms with E-state index in [-0.39, 0.29) is 23.8 Å². The third-order valence-corrected chi connectivity index (χ3v) is 2.91. The molecule has 1 rings (SSSR count). The molecule has 0 saturated heterocycles. The lowest BCUT2D eigenvalue weighted by Gasteiger charge is -2.33. The zero-order valence-electron chi connectivity index (χ0n) is 8.75. The van der Waals surface area contributed by atoms with Gasteiger partial charge in [-0.05, 0) is 19.8 Å². The van der Waals surface area contributed by atoms with Gasteiger partial charge in [0.1, 0.15) is 0 Å². The molecule has 1 aliphatic carbocycles. The van der Waals surface area contributed by atoms with Crippen LogP contribution in [0.2, 0.25) is 0 Å². The van der Waals surface area contributed by atoms with Crippen LogP contribution in [-0.4, -0.2) is 19.1 Å². The first kappa shape index (κ1) is 13.7. The predicted molar refractivity (Wildman–Crippen MR) is 58.5 cm³/mol. The molecule has 2 N–H and O–H groups in total. The number of hydrogen-bond donors (Lipinski definition) is 1. The smallest absolute Gasteiger partial charge is 0.313 e. The standard InChI is InChI=1S/C10H19NO2.ClH/c1-2-13-9(12)10(8-11)6-4-3-5-7-10;/h2-8,11H2,1H3;1H. The fourth-order valence-electron chi connectivity index (χ4n) is 2.00. The molecule has 84 valence electrons. The highest BCUT2D eigenvalue weighted by atomic mass is 35.5. The molecule has 1 fully saturated rings. The molecule has 1 aliphatic rings. The second-order valence-corrected chi connectivity index (χ2v) is 3.77. The number of hydrogen-bond acceptors (Lipinski definition) is 3. The van der Waals surface area contributed by atoms with Gasteiger partial charge in [-0.25, -0.2) is 0 Å². The van der Waals surface area contributed by atoms with Crippen molar-refractivity contribution in [2.45, 2.75) is 39.0 Å².